The number of piperazine rings is 1. The summed E-state index contributed by atoms with van der Waals surface area (Å²) in [6, 6.07) is 0. The Morgan fingerprint density at radius 1 is 1.47 bits per heavy atom. The van der Waals surface area contributed by atoms with Crippen LogP contribution in [0.4, 0.5) is 5.13 Å². The van der Waals surface area contributed by atoms with E-state index >= 15 is 0 Å². The van der Waals surface area contributed by atoms with Gasteiger partial charge in [0.1, 0.15) is 6.33 Å². The van der Waals surface area contributed by atoms with E-state index in [9.17, 15) is 4.79 Å². The lowest BCUT2D eigenvalue weighted by atomic mass is 10.3. The number of hydrogen-bond donors (Lipinski definition) is 0. The van der Waals surface area contributed by atoms with Crippen LogP contribution in [0.25, 0.3) is 0 Å². The molecule has 0 spiro atoms. The molecule has 0 aliphatic carbocycles. The van der Waals surface area contributed by atoms with E-state index in [1.807, 2.05) is 0 Å². The van der Waals surface area contributed by atoms with E-state index < -0.39 is 0 Å². The lowest BCUT2D eigenvalue weighted by molar-refractivity contribution is -0.141. The van der Waals surface area contributed by atoms with Crippen LogP contribution in [0.1, 0.15) is 6.42 Å². The fraction of sp³-hybridized carbons (Fsp3) is 0.700. The number of nitrogens with zero attached hydrogens (tertiary/aromatic N) is 4. The summed E-state index contributed by atoms with van der Waals surface area (Å²) in [7, 11) is 1.43. The van der Waals surface area contributed by atoms with Gasteiger partial charge in [0.05, 0.1) is 13.5 Å². The zero-order chi connectivity index (χ0) is 12.1. The van der Waals surface area contributed by atoms with E-state index in [2.05, 4.69) is 23.9 Å². The van der Waals surface area contributed by atoms with Crippen LogP contribution >= 0.6 is 11.5 Å². The van der Waals surface area contributed by atoms with Crippen LogP contribution in [0.3, 0.4) is 0 Å². The summed E-state index contributed by atoms with van der Waals surface area (Å²) in [5.74, 6) is -0.142. The maximum atomic E-state index is 11.0. The normalized spacial score (nSPS) is 17.1. The molecule has 0 aromatic carbocycles. The van der Waals surface area contributed by atoms with Crippen molar-refractivity contribution in [1.82, 2.24) is 14.3 Å². The molecule has 1 aromatic rings. The standard InChI is InChI=1S/C10H16N4O2S/c1-16-9(15)2-3-13-4-6-14(7-5-13)10-11-8-12-17-10/h8H,2-7H2,1H3. The summed E-state index contributed by atoms with van der Waals surface area (Å²) >= 11 is 1.42. The molecule has 0 bridgehead atoms. The van der Waals surface area contributed by atoms with Gasteiger partial charge in [0, 0.05) is 44.3 Å². The summed E-state index contributed by atoms with van der Waals surface area (Å²) in [5, 5.41) is 0.984. The first-order valence-electron chi connectivity index (χ1n) is 5.60. The maximum Gasteiger partial charge on any atom is 0.306 e. The molecule has 2 rings (SSSR count). The van der Waals surface area contributed by atoms with Crippen molar-refractivity contribution >= 4 is 22.6 Å². The molecule has 0 amide bonds. The summed E-state index contributed by atoms with van der Waals surface area (Å²) in [4.78, 5) is 19.7. The van der Waals surface area contributed by atoms with Gasteiger partial charge in [0.25, 0.3) is 0 Å². The minimum atomic E-state index is -0.142. The van der Waals surface area contributed by atoms with Gasteiger partial charge in [-0.3, -0.25) is 9.69 Å². The summed E-state index contributed by atoms with van der Waals surface area (Å²) < 4.78 is 8.63. The third kappa shape index (κ3) is 3.37. The first-order chi connectivity index (χ1) is 8.29. The van der Waals surface area contributed by atoms with Crippen molar-refractivity contribution in [1.29, 1.82) is 0 Å². The van der Waals surface area contributed by atoms with E-state index in [0.29, 0.717) is 6.42 Å². The van der Waals surface area contributed by atoms with Crippen LogP contribution in [0, 0.1) is 0 Å². The largest absolute Gasteiger partial charge is 0.469 e. The van der Waals surface area contributed by atoms with Crippen molar-refractivity contribution < 1.29 is 9.53 Å². The molecule has 1 aliphatic heterocycles. The number of carbonyl (C=O) groups excluding carboxylic acids is 1. The van der Waals surface area contributed by atoms with E-state index in [-0.39, 0.29) is 5.97 Å². The van der Waals surface area contributed by atoms with Crippen molar-refractivity contribution in [3.8, 4) is 0 Å². The summed E-state index contributed by atoms with van der Waals surface area (Å²) in [6.45, 7) is 4.57. The third-order valence-electron chi connectivity index (χ3n) is 2.85. The Balaban J connectivity index is 1.73. The van der Waals surface area contributed by atoms with Crippen molar-refractivity contribution in [2.75, 3.05) is 44.7 Å². The average Bonchev–Trinajstić information content (AvgIpc) is 2.90. The second kappa shape index (κ2) is 5.92. The molecule has 0 atom stereocenters. The summed E-state index contributed by atoms with van der Waals surface area (Å²) in [6.07, 6.45) is 2.05. The Morgan fingerprint density at radius 2 is 2.24 bits per heavy atom. The van der Waals surface area contributed by atoms with Gasteiger partial charge in [-0.2, -0.15) is 4.37 Å². The SMILES string of the molecule is COC(=O)CCN1CCN(c2ncns2)CC1. The molecule has 1 fully saturated rings. The van der Waals surface area contributed by atoms with Gasteiger partial charge in [-0.05, 0) is 0 Å². The molecule has 17 heavy (non-hydrogen) atoms. The third-order valence-corrected chi connectivity index (χ3v) is 3.58. The van der Waals surface area contributed by atoms with Gasteiger partial charge in [-0.25, -0.2) is 4.98 Å². The molecule has 0 saturated carbocycles. The van der Waals surface area contributed by atoms with Crippen LogP contribution in [-0.2, 0) is 9.53 Å². The second-order valence-corrected chi connectivity index (χ2v) is 4.64. The number of esters is 1. The number of carbonyl (C=O) groups is 1. The zero-order valence-corrected chi connectivity index (χ0v) is 10.7. The number of rotatable bonds is 4. The predicted octanol–water partition coefficient (Wildman–Crippen LogP) is 0.223. The average molecular weight is 256 g/mol. The van der Waals surface area contributed by atoms with E-state index in [1.54, 1.807) is 6.33 Å². The Morgan fingerprint density at radius 3 is 2.82 bits per heavy atom. The van der Waals surface area contributed by atoms with Crippen LogP contribution in [0.5, 0.6) is 0 Å². The van der Waals surface area contributed by atoms with Crippen molar-refractivity contribution in [3.63, 3.8) is 0 Å². The molecular weight excluding hydrogens is 240 g/mol. The van der Waals surface area contributed by atoms with E-state index in [4.69, 9.17) is 0 Å². The topological polar surface area (TPSA) is 58.6 Å². The second-order valence-electron chi connectivity index (χ2n) is 3.88. The molecule has 94 valence electrons. The Labute approximate surface area is 104 Å². The van der Waals surface area contributed by atoms with Gasteiger partial charge >= 0.3 is 5.97 Å². The van der Waals surface area contributed by atoms with Crippen LogP contribution in [0.2, 0.25) is 0 Å². The molecule has 6 nitrogen and oxygen atoms in total. The van der Waals surface area contributed by atoms with Gasteiger partial charge in [0.2, 0.25) is 5.13 Å². The molecule has 0 N–H and O–H groups in total. The fourth-order valence-electron chi connectivity index (χ4n) is 1.82. The quantitative estimate of drug-likeness (QED) is 0.718. The first kappa shape index (κ1) is 12.3. The van der Waals surface area contributed by atoms with Crippen LogP contribution in [-0.4, -0.2) is 60.1 Å². The Kier molecular flexibility index (Phi) is 4.27. The smallest absolute Gasteiger partial charge is 0.306 e. The minimum Gasteiger partial charge on any atom is -0.469 e. The molecular formula is C10H16N4O2S. The van der Waals surface area contributed by atoms with Crippen molar-refractivity contribution in [2.45, 2.75) is 6.42 Å². The number of anilines is 1. The van der Waals surface area contributed by atoms with Gasteiger partial charge in [0.15, 0.2) is 0 Å². The molecule has 1 saturated heterocycles. The number of methoxy groups -OCH3 is 1. The monoisotopic (exact) mass is 256 g/mol. The lowest BCUT2D eigenvalue weighted by Gasteiger charge is -2.34. The molecule has 7 heteroatoms. The van der Waals surface area contributed by atoms with E-state index in [1.165, 1.54) is 18.6 Å². The summed E-state index contributed by atoms with van der Waals surface area (Å²) in [5.41, 5.74) is 0. The number of aromatic nitrogens is 2. The lowest BCUT2D eigenvalue weighted by Crippen LogP contribution is -2.46. The number of ether oxygens (including phenoxy) is 1. The van der Waals surface area contributed by atoms with Crippen molar-refractivity contribution in [2.24, 2.45) is 0 Å². The van der Waals surface area contributed by atoms with Crippen molar-refractivity contribution in [3.05, 3.63) is 6.33 Å². The van der Waals surface area contributed by atoms with E-state index in [0.717, 1.165) is 37.9 Å². The van der Waals surface area contributed by atoms with Gasteiger partial charge < -0.3 is 9.64 Å². The number of hydrogen-bond acceptors (Lipinski definition) is 7. The maximum absolute atomic E-state index is 11.0. The fourth-order valence-corrected chi connectivity index (χ4v) is 2.40. The minimum absolute atomic E-state index is 0.142. The first-order valence-corrected chi connectivity index (χ1v) is 6.37. The highest BCUT2D eigenvalue weighted by Crippen LogP contribution is 2.16. The molecule has 1 aliphatic rings. The predicted molar refractivity (Wildman–Crippen MR) is 65.2 cm³/mol. The van der Waals surface area contributed by atoms with Crippen LogP contribution < -0.4 is 4.90 Å². The van der Waals surface area contributed by atoms with Gasteiger partial charge in [-0.15, -0.1) is 0 Å². The molecule has 0 radical (unpaired) electrons. The molecule has 0 unspecified atom stereocenters. The highest BCUT2D eigenvalue weighted by Gasteiger charge is 2.19. The highest BCUT2D eigenvalue weighted by atomic mass is 32.1. The van der Waals surface area contributed by atoms with Crippen LogP contribution in [0.15, 0.2) is 6.33 Å². The zero-order valence-electron chi connectivity index (χ0n) is 9.83. The molecule has 2 heterocycles. The van der Waals surface area contributed by atoms with Gasteiger partial charge in [-0.1, -0.05) is 0 Å². The highest BCUT2D eigenvalue weighted by molar-refractivity contribution is 7.09. The Bertz CT molecular complexity index is 349. The molecule has 1 aromatic heterocycles. The Hall–Kier alpha value is -1.21.